The standard InChI is InChI=1S/C21H23F3N2O5S/c1-30-19-8-7-18(32(28,29)26-10-12-31-13-11-26)14-15(19)2-9-20(27)25-17-5-3-16(4-6-17)21(22,23)24/h3-8,14H,2,9-13H2,1H3,(H,25,27). The Kier molecular flexibility index (Phi) is 7.42. The van der Waals surface area contributed by atoms with Gasteiger partial charge in [0.15, 0.2) is 0 Å². The number of amides is 1. The molecule has 1 amide bonds. The van der Waals surface area contributed by atoms with Gasteiger partial charge in [0, 0.05) is 25.2 Å². The number of morpholine rings is 1. The highest BCUT2D eigenvalue weighted by Gasteiger charge is 2.30. The van der Waals surface area contributed by atoms with Crippen LogP contribution >= 0.6 is 0 Å². The lowest BCUT2D eigenvalue weighted by Gasteiger charge is -2.26. The third-order valence-electron chi connectivity index (χ3n) is 4.98. The largest absolute Gasteiger partial charge is 0.496 e. The van der Waals surface area contributed by atoms with Crippen molar-refractivity contribution in [1.82, 2.24) is 4.31 Å². The van der Waals surface area contributed by atoms with Gasteiger partial charge in [-0.2, -0.15) is 17.5 Å². The Hall–Kier alpha value is -2.63. The average Bonchev–Trinajstić information content (AvgIpc) is 2.77. The number of carbonyl (C=O) groups excluding carboxylic acids is 1. The second kappa shape index (κ2) is 9.88. The monoisotopic (exact) mass is 472 g/mol. The molecule has 1 N–H and O–H groups in total. The Morgan fingerprint density at radius 2 is 1.78 bits per heavy atom. The first-order chi connectivity index (χ1) is 15.1. The number of sulfonamides is 1. The van der Waals surface area contributed by atoms with Gasteiger partial charge in [-0.25, -0.2) is 8.42 Å². The van der Waals surface area contributed by atoms with E-state index in [1.807, 2.05) is 0 Å². The summed E-state index contributed by atoms with van der Waals surface area (Å²) in [7, 11) is -2.27. The zero-order chi connectivity index (χ0) is 23.4. The number of nitrogens with zero attached hydrogens (tertiary/aromatic N) is 1. The minimum absolute atomic E-state index is 0.0154. The fraction of sp³-hybridized carbons (Fsp3) is 0.381. The van der Waals surface area contributed by atoms with Crippen LogP contribution < -0.4 is 10.1 Å². The van der Waals surface area contributed by atoms with Crippen LogP contribution in [0.2, 0.25) is 0 Å². The highest BCUT2D eigenvalue weighted by atomic mass is 32.2. The Labute approximate surface area is 184 Å². The van der Waals surface area contributed by atoms with E-state index in [9.17, 15) is 26.4 Å². The van der Waals surface area contributed by atoms with Gasteiger partial charge in [-0.15, -0.1) is 0 Å². The zero-order valence-corrected chi connectivity index (χ0v) is 18.1. The van der Waals surface area contributed by atoms with E-state index in [0.29, 0.717) is 24.5 Å². The van der Waals surface area contributed by atoms with E-state index in [1.165, 1.54) is 41.7 Å². The molecule has 0 atom stereocenters. The maximum absolute atomic E-state index is 12.9. The summed E-state index contributed by atoms with van der Waals surface area (Å²) in [6, 6.07) is 8.60. The van der Waals surface area contributed by atoms with Crippen LogP contribution in [-0.4, -0.2) is 52.0 Å². The molecule has 0 spiro atoms. The number of alkyl halides is 3. The summed E-state index contributed by atoms with van der Waals surface area (Å²) in [6.07, 6.45) is -4.29. The van der Waals surface area contributed by atoms with Crippen molar-refractivity contribution in [3.05, 3.63) is 53.6 Å². The van der Waals surface area contributed by atoms with Gasteiger partial charge in [-0.1, -0.05) is 0 Å². The lowest BCUT2D eigenvalue weighted by molar-refractivity contribution is -0.137. The summed E-state index contributed by atoms with van der Waals surface area (Å²) in [4.78, 5) is 12.4. The van der Waals surface area contributed by atoms with Gasteiger partial charge in [0.25, 0.3) is 0 Å². The molecular weight excluding hydrogens is 449 g/mol. The molecule has 0 aromatic heterocycles. The van der Waals surface area contributed by atoms with Gasteiger partial charge in [-0.05, 0) is 54.4 Å². The van der Waals surface area contributed by atoms with E-state index < -0.39 is 27.7 Å². The van der Waals surface area contributed by atoms with Crippen LogP contribution in [0.3, 0.4) is 0 Å². The van der Waals surface area contributed by atoms with Crippen LogP contribution in [0.5, 0.6) is 5.75 Å². The summed E-state index contributed by atoms with van der Waals surface area (Å²) < 4.78 is 75.5. The van der Waals surface area contributed by atoms with Crippen molar-refractivity contribution in [3.63, 3.8) is 0 Å². The third-order valence-corrected chi connectivity index (χ3v) is 6.87. The zero-order valence-electron chi connectivity index (χ0n) is 17.3. The van der Waals surface area contributed by atoms with E-state index in [-0.39, 0.29) is 36.5 Å². The summed E-state index contributed by atoms with van der Waals surface area (Å²) in [5.41, 5.74) is -0.0402. The number of rotatable bonds is 7. The summed E-state index contributed by atoms with van der Waals surface area (Å²) >= 11 is 0. The normalized spacial score (nSPS) is 15.4. The summed E-state index contributed by atoms with van der Waals surface area (Å²) in [5.74, 6) is 0.0153. The molecule has 1 aliphatic heterocycles. The number of benzene rings is 2. The smallest absolute Gasteiger partial charge is 0.416 e. The van der Waals surface area contributed by atoms with Crippen molar-refractivity contribution in [1.29, 1.82) is 0 Å². The van der Waals surface area contributed by atoms with E-state index in [2.05, 4.69) is 5.32 Å². The highest BCUT2D eigenvalue weighted by Crippen LogP contribution is 2.30. The molecule has 2 aromatic rings. The molecule has 2 aromatic carbocycles. The summed E-state index contributed by atoms with van der Waals surface area (Å²) in [6.45, 7) is 1.18. The number of hydrogen-bond acceptors (Lipinski definition) is 5. The molecule has 3 rings (SSSR count). The molecule has 7 nitrogen and oxygen atoms in total. The Morgan fingerprint density at radius 1 is 1.12 bits per heavy atom. The maximum Gasteiger partial charge on any atom is 0.416 e. The van der Waals surface area contributed by atoms with Crippen LogP contribution in [0.25, 0.3) is 0 Å². The Balaban J connectivity index is 1.68. The molecule has 1 fully saturated rings. The van der Waals surface area contributed by atoms with Gasteiger partial charge < -0.3 is 14.8 Å². The van der Waals surface area contributed by atoms with Gasteiger partial charge >= 0.3 is 6.18 Å². The number of methoxy groups -OCH3 is 1. The third kappa shape index (κ3) is 5.78. The van der Waals surface area contributed by atoms with Gasteiger partial charge in [-0.3, -0.25) is 4.79 Å². The second-order valence-corrected chi connectivity index (χ2v) is 9.05. The number of carbonyl (C=O) groups is 1. The van der Waals surface area contributed by atoms with Crippen LogP contribution in [0.15, 0.2) is 47.4 Å². The molecule has 1 heterocycles. The molecule has 0 radical (unpaired) electrons. The number of aryl methyl sites for hydroxylation is 1. The van der Waals surface area contributed by atoms with Crippen LogP contribution in [0.4, 0.5) is 18.9 Å². The Morgan fingerprint density at radius 3 is 2.38 bits per heavy atom. The SMILES string of the molecule is COc1ccc(S(=O)(=O)N2CCOCC2)cc1CCC(=O)Nc1ccc(C(F)(F)F)cc1. The highest BCUT2D eigenvalue weighted by molar-refractivity contribution is 7.89. The average molecular weight is 472 g/mol. The molecular formula is C21H23F3N2O5S. The van der Waals surface area contributed by atoms with E-state index in [4.69, 9.17) is 9.47 Å². The fourth-order valence-electron chi connectivity index (χ4n) is 3.26. The molecule has 1 aliphatic rings. The Bertz CT molecular complexity index is 1050. The van der Waals surface area contributed by atoms with Crippen molar-refractivity contribution >= 4 is 21.6 Å². The molecule has 0 aliphatic carbocycles. The number of anilines is 1. The van der Waals surface area contributed by atoms with Crippen molar-refractivity contribution < 1.29 is 35.9 Å². The maximum atomic E-state index is 12.9. The summed E-state index contributed by atoms with van der Waals surface area (Å²) in [5, 5.41) is 2.54. The molecule has 0 saturated carbocycles. The number of ether oxygens (including phenoxy) is 2. The first-order valence-corrected chi connectivity index (χ1v) is 11.3. The lowest BCUT2D eigenvalue weighted by atomic mass is 10.1. The van der Waals surface area contributed by atoms with E-state index >= 15 is 0 Å². The predicted molar refractivity (Wildman–Crippen MR) is 111 cm³/mol. The molecule has 32 heavy (non-hydrogen) atoms. The van der Waals surface area contributed by atoms with Crippen LogP contribution in [0, 0.1) is 0 Å². The number of hydrogen-bond donors (Lipinski definition) is 1. The number of halogens is 3. The van der Waals surface area contributed by atoms with E-state index in [1.54, 1.807) is 0 Å². The van der Waals surface area contributed by atoms with Crippen molar-refractivity contribution in [2.75, 3.05) is 38.7 Å². The molecule has 0 unspecified atom stereocenters. The molecule has 1 saturated heterocycles. The van der Waals surface area contributed by atoms with Gasteiger partial charge in [0.1, 0.15) is 5.75 Å². The fourth-order valence-corrected chi connectivity index (χ4v) is 4.72. The van der Waals surface area contributed by atoms with Gasteiger partial charge in [0.05, 0.1) is 30.8 Å². The van der Waals surface area contributed by atoms with E-state index in [0.717, 1.165) is 12.1 Å². The molecule has 11 heteroatoms. The lowest BCUT2D eigenvalue weighted by Crippen LogP contribution is -2.40. The van der Waals surface area contributed by atoms with Crippen molar-refractivity contribution in [2.24, 2.45) is 0 Å². The molecule has 174 valence electrons. The predicted octanol–water partition coefficient (Wildman–Crippen LogP) is 3.31. The van der Waals surface area contributed by atoms with Crippen molar-refractivity contribution in [2.45, 2.75) is 23.9 Å². The van der Waals surface area contributed by atoms with Crippen molar-refractivity contribution in [3.8, 4) is 5.75 Å². The van der Waals surface area contributed by atoms with Crippen LogP contribution in [0.1, 0.15) is 17.5 Å². The van der Waals surface area contributed by atoms with Crippen LogP contribution in [-0.2, 0) is 32.2 Å². The topological polar surface area (TPSA) is 84.9 Å². The minimum Gasteiger partial charge on any atom is -0.496 e. The second-order valence-electron chi connectivity index (χ2n) is 7.11. The first-order valence-electron chi connectivity index (χ1n) is 9.83. The first kappa shape index (κ1) is 24.0. The quantitative estimate of drug-likeness (QED) is 0.669. The molecule has 0 bridgehead atoms. The van der Waals surface area contributed by atoms with Gasteiger partial charge in [0.2, 0.25) is 15.9 Å². The minimum atomic E-state index is -4.45. The number of nitrogens with one attached hydrogen (secondary N) is 1.